The first-order chi connectivity index (χ1) is 11.6. The molecule has 0 unspecified atom stereocenters. The molecule has 0 bridgehead atoms. The Morgan fingerprint density at radius 1 is 0.958 bits per heavy atom. The maximum absolute atomic E-state index is 12.2. The molecule has 5 nitrogen and oxygen atoms in total. The van der Waals surface area contributed by atoms with E-state index in [2.05, 4.69) is 5.32 Å². The minimum atomic E-state index is -0.115. The van der Waals surface area contributed by atoms with Crippen molar-refractivity contribution in [3.05, 3.63) is 53.1 Å². The van der Waals surface area contributed by atoms with Gasteiger partial charge in [0.2, 0.25) is 0 Å². The van der Waals surface area contributed by atoms with Crippen LogP contribution in [0.4, 0.5) is 0 Å². The lowest BCUT2D eigenvalue weighted by molar-refractivity contribution is 0.0954. The third kappa shape index (κ3) is 4.19. The number of rotatable bonds is 7. The van der Waals surface area contributed by atoms with Crippen LogP contribution in [0.2, 0.25) is 0 Å². The molecule has 1 N–H and O–H groups in total. The van der Waals surface area contributed by atoms with Crippen LogP contribution < -0.4 is 19.5 Å². The molecule has 0 spiro atoms. The van der Waals surface area contributed by atoms with E-state index in [0.717, 1.165) is 28.4 Å². The smallest absolute Gasteiger partial charge is 0.251 e. The molecule has 128 valence electrons. The molecule has 1 amide bonds. The Kier molecular flexibility index (Phi) is 6.07. The van der Waals surface area contributed by atoms with Crippen molar-refractivity contribution in [2.45, 2.75) is 13.3 Å². The third-order valence-corrected chi connectivity index (χ3v) is 3.83. The van der Waals surface area contributed by atoms with Crippen LogP contribution in [0.15, 0.2) is 36.4 Å². The van der Waals surface area contributed by atoms with Gasteiger partial charge in [-0.3, -0.25) is 4.79 Å². The van der Waals surface area contributed by atoms with Gasteiger partial charge in [-0.2, -0.15) is 0 Å². The van der Waals surface area contributed by atoms with Crippen molar-refractivity contribution in [1.29, 1.82) is 0 Å². The van der Waals surface area contributed by atoms with Gasteiger partial charge in [0.25, 0.3) is 5.91 Å². The summed E-state index contributed by atoms with van der Waals surface area (Å²) in [7, 11) is 4.88. The number of carbonyl (C=O) groups excluding carboxylic acids is 1. The highest BCUT2D eigenvalue weighted by Crippen LogP contribution is 2.28. The van der Waals surface area contributed by atoms with Crippen molar-refractivity contribution in [2.75, 3.05) is 27.9 Å². The van der Waals surface area contributed by atoms with Crippen molar-refractivity contribution in [2.24, 2.45) is 0 Å². The largest absolute Gasteiger partial charge is 0.497 e. The van der Waals surface area contributed by atoms with E-state index in [-0.39, 0.29) is 5.91 Å². The van der Waals surface area contributed by atoms with Gasteiger partial charge >= 0.3 is 0 Å². The molecule has 0 saturated carbocycles. The van der Waals surface area contributed by atoms with E-state index in [1.807, 2.05) is 19.1 Å². The van der Waals surface area contributed by atoms with Crippen LogP contribution in [0, 0.1) is 6.92 Å². The molecule has 2 aromatic rings. The summed E-state index contributed by atoms with van der Waals surface area (Å²) in [5.74, 6) is 2.22. The van der Waals surface area contributed by atoms with Crippen LogP contribution in [0.3, 0.4) is 0 Å². The van der Waals surface area contributed by atoms with E-state index >= 15 is 0 Å². The van der Waals surface area contributed by atoms with E-state index < -0.39 is 0 Å². The van der Waals surface area contributed by atoms with E-state index in [4.69, 9.17) is 14.2 Å². The summed E-state index contributed by atoms with van der Waals surface area (Å²) in [4.78, 5) is 12.2. The third-order valence-electron chi connectivity index (χ3n) is 3.83. The molecule has 0 radical (unpaired) electrons. The van der Waals surface area contributed by atoms with Crippen molar-refractivity contribution in [1.82, 2.24) is 5.32 Å². The summed E-state index contributed by atoms with van der Waals surface area (Å²) in [6.07, 6.45) is 0.654. The van der Waals surface area contributed by atoms with Gasteiger partial charge in [0.1, 0.15) is 17.2 Å². The molecule has 2 aromatic carbocycles. The Morgan fingerprint density at radius 3 is 2.21 bits per heavy atom. The van der Waals surface area contributed by atoms with Crippen molar-refractivity contribution < 1.29 is 19.0 Å². The minimum Gasteiger partial charge on any atom is -0.497 e. The first-order valence-electron chi connectivity index (χ1n) is 7.72. The predicted molar refractivity (Wildman–Crippen MR) is 93.3 cm³/mol. The molecule has 0 aliphatic carbocycles. The fourth-order valence-electron chi connectivity index (χ4n) is 2.46. The normalized spacial score (nSPS) is 10.2. The van der Waals surface area contributed by atoms with E-state index in [1.54, 1.807) is 45.6 Å². The zero-order valence-electron chi connectivity index (χ0n) is 14.5. The Hall–Kier alpha value is -2.69. The maximum atomic E-state index is 12.2. The molecular formula is C19H23NO4. The standard InChI is InChI=1S/C19H23NO4/c1-13-11-18(24-4)15(12-17(13)23-3)9-10-20-19(21)14-5-7-16(22-2)8-6-14/h5-8,11-12H,9-10H2,1-4H3,(H,20,21). The van der Waals surface area contributed by atoms with Crippen molar-refractivity contribution in [3.8, 4) is 17.2 Å². The minimum absolute atomic E-state index is 0.115. The number of methoxy groups -OCH3 is 3. The molecule has 24 heavy (non-hydrogen) atoms. The second-order valence-corrected chi connectivity index (χ2v) is 5.37. The summed E-state index contributed by atoms with van der Waals surface area (Å²) in [6, 6.07) is 10.9. The lowest BCUT2D eigenvalue weighted by Crippen LogP contribution is -2.25. The lowest BCUT2D eigenvalue weighted by Gasteiger charge is -2.13. The van der Waals surface area contributed by atoms with Crippen LogP contribution in [-0.2, 0) is 6.42 Å². The molecule has 0 saturated heterocycles. The Morgan fingerprint density at radius 2 is 1.62 bits per heavy atom. The highest BCUT2D eigenvalue weighted by Gasteiger charge is 2.10. The first kappa shape index (κ1) is 17.7. The zero-order chi connectivity index (χ0) is 17.5. The maximum Gasteiger partial charge on any atom is 0.251 e. The summed E-state index contributed by atoms with van der Waals surface area (Å²) in [5, 5.41) is 2.91. The van der Waals surface area contributed by atoms with Crippen LogP contribution in [0.5, 0.6) is 17.2 Å². The number of nitrogens with one attached hydrogen (secondary N) is 1. The predicted octanol–water partition coefficient (Wildman–Crippen LogP) is 2.99. The van der Waals surface area contributed by atoms with Gasteiger partial charge < -0.3 is 19.5 Å². The fraction of sp³-hybridized carbons (Fsp3) is 0.316. The molecular weight excluding hydrogens is 306 g/mol. The van der Waals surface area contributed by atoms with Gasteiger partial charge in [-0.15, -0.1) is 0 Å². The Labute approximate surface area is 142 Å². The number of aryl methyl sites for hydroxylation is 1. The molecule has 0 heterocycles. The highest BCUT2D eigenvalue weighted by molar-refractivity contribution is 5.94. The van der Waals surface area contributed by atoms with Gasteiger partial charge in [-0.05, 0) is 60.9 Å². The molecule has 2 rings (SSSR count). The van der Waals surface area contributed by atoms with E-state index in [1.165, 1.54) is 0 Å². The van der Waals surface area contributed by atoms with Gasteiger partial charge in [-0.1, -0.05) is 0 Å². The Bertz CT molecular complexity index is 695. The fourth-order valence-corrected chi connectivity index (χ4v) is 2.46. The van der Waals surface area contributed by atoms with Gasteiger partial charge in [0.05, 0.1) is 21.3 Å². The topological polar surface area (TPSA) is 56.8 Å². The SMILES string of the molecule is COc1ccc(C(=O)NCCc2cc(OC)c(C)cc2OC)cc1. The molecule has 5 heteroatoms. The summed E-state index contributed by atoms with van der Waals surface area (Å²) in [5.41, 5.74) is 2.61. The second kappa shape index (κ2) is 8.24. The zero-order valence-corrected chi connectivity index (χ0v) is 14.5. The molecule has 0 fully saturated rings. The quantitative estimate of drug-likeness (QED) is 0.848. The van der Waals surface area contributed by atoms with Crippen LogP contribution in [-0.4, -0.2) is 33.8 Å². The van der Waals surface area contributed by atoms with E-state index in [9.17, 15) is 4.79 Å². The van der Waals surface area contributed by atoms with Crippen LogP contribution in [0.25, 0.3) is 0 Å². The summed E-state index contributed by atoms with van der Waals surface area (Å²) >= 11 is 0. The van der Waals surface area contributed by atoms with Gasteiger partial charge in [-0.25, -0.2) is 0 Å². The molecule has 0 aliphatic heterocycles. The van der Waals surface area contributed by atoms with Gasteiger partial charge in [0, 0.05) is 12.1 Å². The Balaban J connectivity index is 1.99. The second-order valence-electron chi connectivity index (χ2n) is 5.37. The molecule has 0 aliphatic rings. The summed E-state index contributed by atoms with van der Waals surface area (Å²) in [6.45, 7) is 2.48. The average Bonchev–Trinajstić information content (AvgIpc) is 2.62. The summed E-state index contributed by atoms with van der Waals surface area (Å²) < 4.78 is 15.8. The first-order valence-corrected chi connectivity index (χ1v) is 7.72. The number of ether oxygens (including phenoxy) is 3. The van der Waals surface area contributed by atoms with Crippen LogP contribution >= 0.6 is 0 Å². The van der Waals surface area contributed by atoms with Crippen molar-refractivity contribution in [3.63, 3.8) is 0 Å². The number of hydrogen-bond acceptors (Lipinski definition) is 4. The van der Waals surface area contributed by atoms with Crippen LogP contribution in [0.1, 0.15) is 21.5 Å². The number of benzene rings is 2. The highest BCUT2D eigenvalue weighted by atomic mass is 16.5. The lowest BCUT2D eigenvalue weighted by atomic mass is 10.1. The number of hydrogen-bond donors (Lipinski definition) is 1. The number of carbonyl (C=O) groups is 1. The van der Waals surface area contributed by atoms with Gasteiger partial charge in [0.15, 0.2) is 0 Å². The molecule has 0 atom stereocenters. The monoisotopic (exact) mass is 329 g/mol. The molecule has 0 aromatic heterocycles. The van der Waals surface area contributed by atoms with Crippen molar-refractivity contribution >= 4 is 5.91 Å². The average molecular weight is 329 g/mol. The van der Waals surface area contributed by atoms with E-state index in [0.29, 0.717) is 18.5 Å². The number of amides is 1.